The van der Waals surface area contributed by atoms with Gasteiger partial charge in [0.1, 0.15) is 0 Å². The second kappa shape index (κ2) is 10.3. The standard InChI is InChI=1S/C23H37N5O2/c1-5-24-21(29)23(3,4)17-26-22(25-6-2)28-15-19-20(16-28)30-13-12-27(19)14-18-10-8-7-9-11-18/h7-11,19-20H,5-6,12-17H2,1-4H3,(H,24,29)(H,25,26). The van der Waals surface area contributed by atoms with Gasteiger partial charge in [-0.05, 0) is 33.3 Å². The van der Waals surface area contributed by atoms with Crippen LogP contribution in [0, 0.1) is 5.41 Å². The van der Waals surface area contributed by atoms with E-state index in [4.69, 9.17) is 9.73 Å². The summed E-state index contributed by atoms with van der Waals surface area (Å²) in [5.74, 6) is 0.907. The van der Waals surface area contributed by atoms with Crippen LogP contribution in [0.5, 0.6) is 0 Å². The highest BCUT2D eigenvalue weighted by atomic mass is 16.5. The van der Waals surface area contributed by atoms with Crippen LogP contribution in [-0.2, 0) is 16.1 Å². The van der Waals surface area contributed by atoms with E-state index in [9.17, 15) is 4.79 Å². The number of morpholine rings is 1. The maximum absolute atomic E-state index is 12.3. The molecule has 2 aliphatic heterocycles. The molecular weight excluding hydrogens is 378 g/mol. The van der Waals surface area contributed by atoms with Gasteiger partial charge in [0, 0.05) is 39.3 Å². The van der Waals surface area contributed by atoms with E-state index in [0.29, 0.717) is 19.1 Å². The summed E-state index contributed by atoms with van der Waals surface area (Å²) in [4.78, 5) is 22.0. The van der Waals surface area contributed by atoms with E-state index in [0.717, 1.165) is 45.3 Å². The molecule has 0 spiro atoms. The predicted molar refractivity (Wildman–Crippen MR) is 120 cm³/mol. The third-order valence-corrected chi connectivity index (χ3v) is 5.86. The molecule has 2 heterocycles. The molecule has 3 rings (SSSR count). The Hall–Kier alpha value is -2.12. The molecule has 2 atom stereocenters. The number of ether oxygens (including phenoxy) is 1. The number of nitrogens with zero attached hydrogens (tertiary/aromatic N) is 3. The van der Waals surface area contributed by atoms with Crippen LogP contribution >= 0.6 is 0 Å². The third kappa shape index (κ3) is 5.52. The number of amides is 1. The smallest absolute Gasteiger partial charge is 0.227 e. The lowest BCUT2D eigenvalue weighted by molar-refractivity contribution is -0.128. The Kier molecular flexibility index (Phi) is 7.72. The molecule has 2 N–H and O–H groups in total. The van der Waals surface area contributed by atoms with Gasteiger partial charge in [0.2, 0.25) is 5.91 Å². The molecule has 2 unspecified atom stereocenters. The van der Waals surface area contributed by atoms with Crippen molar-refractivity contribution in [3.8, 4) is 0 Å². The van der Waals surface area contributed by atoms with Crippen molar-refractivity contribution in [2.24, 2.45) is 10.4 Å². The lowest BCUT2D eigenvalue weighted by Crippen LogP contribution is -2.50. The number of carbonyl (C=O) groups excluding carboxylic acids is 1. The predicted octanol–water partition coefficient (Wildman–Crippen LogP) is 1.70. The zero-order chi connectivity index (χ0) is 21.6. The van der Waals surface area contributed by atoms with Crippen LogP contribution in [-0.4, -0.2) is 79.7 Å². The minimum Gasteiger partial charge on any atom is -0.373 e. The van der Waals surface area contributed by atoms with Crippen molar-refractivity contribution in [2.75, 3.05) is 45.9 Å². The van der Waals surface area contributed by atoms with E-state index in [1.165, 1.54) is 5.56 Å². The highest BCUT2D eigenvalue weighted by Crippen LogP contribution is 2.25. The number of guanidine groups is 1. The maximum Gasteiger partial charge on any atom is 0.227 e. The summed E-state index contributed by atoms with van der Waals surface area (Å²) in [5, 5.41) is 6.32. The minimum atomic E-state index is -0.543. The van der Waals surface area contributed by atoms with Crippen molar-refractivity contribution in [1.82, 2.24) is 20.4 Å². The van der Waals surface area contributed by atoms with Gasteiger partial charge in [-0.2, -0.15) is 0 Å². The molecular formula is C23H37N5O2. The lowest BCUT2D eigenvalue weighted by Gasteiger charge is -2.36. The van der Waals surface area contributed by atoms with Crippen LogP contribution in [0.15, 0.2) is 35.3 Å². The van der Waals surface area contributed by atoms with Gasteiger partial charge < -0.3 is 20.3 Å². The quantitative estimate of drug-likeness (QED) is 0.524. The summed E-state index contributed by atoms with van der Waals surface area (Å²) in [7, 11) is 0. The van der Waals surface area contributed by atoms with Crippen LogP contribution < -0.4 is 10.6 Å². The topological polar surface area (TPSA) is 69.2 Å². The number of carbonyl (C=O) groups is 1. The van der Waals surface area contributed by atoms with E-state index < -0.39 is 5.41 Å². The van der Waals surface area contributed by atoms with E-state index in [1.807, 2.05) is 20.8 Å². The molecule has 0 bridgehead atoms. The zero-order valence-corrected chi connectivity index (χ0v) is 18.9. The van der Waals surface area contributed by atoms with Gasteiger partial charge in [-0.3, -0.25) is 14.7 Å². The first kappa shape index (κ1) is 22.6. The molecule has 1 aromatic rings. The second-order valence-electron chi connectivity index (χ2n) is 8.75. The molecule has 30 heavy (non-hydrogen) atoms. The summed E-state index contributed by atoms with van der Waals surface area (Å²) < 4.78 is 6.11. The number of nitrogens with one attached hydrogen (secondary N) is 2. The number of hydrogen-bond acceptors (Lipinski definition) is 4. The van der Waals surface area contributed by atoms with Crippen LogP contribution in [0.1, 0.15) is 33.3 Å². The first-order chi connectivity index (χ1) is 14.4. The van der Waals surface area contributed by atoms with Crippen molar-refractivity contribution in [2.45, 2.75) is 46.4 Å². The number of rotatable bonds is 7. The van der Waals surface area contributed by atoms with E-state index in [2.05, 4.69) is 57.7 Å². The minimum absolute atomic E-state index is 0.0389. The van der Waals surface area contributed by atoms with Gasteiger partial charge in [-0.1, -0.05) is 30.3 Å². The van der Waals surface area contributed by atoms with E-state index in [1.54, 1.807) is 0 Å². The summed E-state index contributed by atoms with van der Waals surface area (Å²) >= 11 is 0. The van der Waals surface area contributed by atoms with Gasteiger partial charge in [0.25, 0.3) is 0 Å². The Morgan fingerprint density at radius 1 is 1.17 bits per heavy atom. The molecule has 2 fully saturated rings. The fourth-order valence-corrected chi connectivity index (χ4v) is 4.12. The normalized spacial score (nSPS) is 22.7. The molecule has 0 saturated carbocycles. The van der Waals surface area contributed by atoms with Crippen LogP contribution in [0.2, 0.25) is 0 Å². The number of hydrogen-bond donors (Lipinski definition) is 2. The lowest BCUT2D eigenvalue weighted by atomic mass is 9.92. The Bertz CT molecular complexity index is 722. The summed E-state index contributed by atoms with van der Waals surface area (Å²) in [5.41, 5.74) is 0.791. The summed E-state index contributed by atoms with van der Waals surface area (Å²) in [6.07, 6.45) is 0.183. The monoisotopic (exact) mass is 415 g/mol. The fourth-order valence-electron chi connectivity index (χ4n) is 4.12. The molecule has 1 amide bonds. The number of benzene rings is 1. The van der Waals surface area contributed by atoms with Gasteiger partial charge >= 0.3 is 0 Å². The Morgan fingerprint density at radius 2 is 1.90 bits per heavy atom. The van der Waals surface area contributed by atoms with Crippen LogP contribution in [0.25, 0.3) is 0 Å². The van der Waals surface area contributed by atoms with Gasteiger partial charge in [-0.15, -0.1) is 0 Å². The first-order valence-corrected chi connectivity index (χ1v) is 11.2. The molecule has 166 valence electrons. The molecule has 0 aromatic heterocycles. The Balaban J connectivity index is 1.68. The average Bonchev–Trinajstić information content (AvgIpc) is 3.17. The summed E-state index contributed by atoms with van der Waals surface area (Å²) in [6.45, 7) is 14.1. The fraction of sp³-hybridized carbons (Fsp3) is 0.652. The van der Waals surface area contributed by atoms with E-state index in [-0.39, 0.29) is 12.0 Å². The van der Waals surface area contributed by atoms with Gasteiger partial charge in [0.15, 0.2) is 5.96 Å². The molecule has 1 aromatic carbocycles. The molecule has 0 radical (unpaired) electrons. The Morgan fingerprint density at radius 3 is 2.60 bits per heavy atom. The number of fused-ring (bicyclic) bond motifs is 1. The molecule has 2 aliphatic rings. The third-order valence-electron chi connectivity index (χ3n) is 5.86. The van der Waals surface area contributed by atoms with Crippen molar-refractivity contribution >= 4 is 11.9 Å². The second-order valence-corrected chi connectivity index (χ2v) is 8.75. The highest BCUT2D eigenvalue weighted by Gasteiger charge is 2.41. The molecule has 0 aliphatic carbocycles. The van der Waals surface area contributed by atoms with Crippen molar-refractivity contribution < 1.29 is 9.53 Å². The Labute approximate surface area is 180 Å². The maximum atomic E-state index is 12.3. The first-order valence-electron chi connectivity index (χ1n) is 11.2. The van der Waals surface area contributed by atoms with Crippen LogP contribution in [0.3, 0.4) is 0 Å². The largest absolute Gasteiger partial charge is 0.373 e. The van der Waals surface area contributed by atoms with Crippen LogP contribution in [0.4, 0.5) is 0 Å². The SMILES string of the molecule is CCNC(=O)C(C)(C)CN=C(NCC)N1CC2OCCN(Cc3ccccc3)C2C1. The highest BCUT2D eigenvalue weighted by molar-refractivity contribution is 5.84. The van der Waals surface area contributed by atoms with Crippen molar-refractivity contribution in [3.63, 3.8) is 0 Å². The van der Waals surface area contributed by atoms with Crippen molar-refractivity contribution in [3.05, 3.63) is 35.9 Å². The zero-order valence-electron chi connectivity index (χ0n) is 18.9. The molecule has 7 heteroatoms. The molecule has 7 nitrogen and oxygen atoms in total. The van der Waals surface area contributed by atoms with Crippen molar-refractivity contribution in [1.29, 1.82) is 0 Å². The average molecular weight is 416 g/mol. The van der Waals surface area contributed by atoms with E-state index >= 15 is 0 Å². The molecule has 2 saturated heterocycles. The van der Waals surface area contributed by atoms with Gasteiger partial charge in [0.05, 0.1) is 30.7 Å². The van der Waals surface area contributed by atoms with Gasteiger partial charge in [-0.25, -0.2) is 0 Å². The number of likely N-dealkylation sites (tertiary alicyclic amines) is 1. The number of aliphatic imine (C=N–C) groups is 1. The summed E-state index contributed by atoms with van der Waals surface area (Å²) in [6, 6.07) is 11.0.